The van der Waals surface area contributed by atoms with Crippen molar-refractivity contribution in [1.29, 1.82) is 0 Å². The van der Waals surface area contributed by atoms with Gasteiger partial charge in [0.2, 0.25) is 0 Å². The summed E-state index contributed by atoms with van der Waals surface area (Å²) in [4.78, 5) is 2.27. The fourth-order valence-electron chi connectivity index (χ4n) is 3.06. The SMILES string of the molecule is Cc1ccc(N(c2ccccc2)c2ccc(CO)c(C)c2)c(C)c1. The zero-order valence-corrected chi connectivity index (χ0v) is 14.5. The first-order valence-corrected chi connectivity index (χ1v) is 8.23. The molecule has 24 heavy (non-hydrogen) atoms. The van der Waals surface area contributed by atoms with Gasteiger partial charge in [0, 0.05) is 17.1 Å². The number of aryl methyl sites for hydroxylation is 3. The fourth-order valence-corrected chi connectivity index (χ4v) is 3.06. The molecule has 0 saturated carbocycles. The molecule has 122 valence electrons. The summed E-state index contributed by atoms with van der Waals surface area (Å²) in [6.45, 7) is 6.37. The predicted molar refractivity (Wildman–Crippen MR) is 101 cm³/mol. The monoisotopic (exact) mass is 317 g/mol. The fraction of sp³-hybridized carbons (Fsp3) is 0.182. The van der Waals surface area contributed by atoms with Gasteiger partial charge in [0.1, 0.15) is 0 Å². The number of aliphatic hydroxyl groups excluding tert-OH is 1. The molecule has 1 N–H and O–H groups in total. The molecule has 0 aliphatic carbocycles. The molecule has 0 heterocycles. The van der Waals surface area contributed by atoms with E-state index >= 15 is 0 Å². The second-order valence-electron chi connectivity index (χ2n) is 6.23. The van der Waals surface area contributed by atoms with Crippen LogP contribution in [0.5, 0.6) is 0 Å². The first-order valence-electron chi connectivity index (χ1n) is 8.23. The maximum atomic E-state index is 9.44. The Kier molecular flexibility index (Phi) is 4.68. The van der Waals surface area contributed by atoms with Gasteiger partial charge in [-0.3, -0.25) is 0 Å². The Bertz CT molecular complexity index is 840. The lowest BCUT2D eigenvalue weighted by Gasteiger charge is -2.28. The molecule has 0 aliphatic rings. The summed E-state index contributed by atoms with van der Waals surface area (Å²) in [5.41, 5.74) is 7.96. The number of anilines is 3. The molecular formula is C22H23NO. The average molecular weight is 317 g/mol. The summed E-state index contributed by atoms with van der Waals surface area (Å²) in [6.07, 6.45) is 0. The predicted octanol–water partition coefficient (Wildman–Crippen LogP) is 5.57. The lowest BCUT2D eigenvalue weighted by atomic mass is 10.0. The number of hydrogen-bond acceptors (Lipinski definition) is 2. The Morgan fingerprint density at radius 3 is 2.12 bits per heavy atom. The van der Waals surface area contributed by atoms with Gasteiger partial charge >= 0.3 is 0 Å². The molecule has 0 fully saturated rings. The first kappa shape index (κ1) is 16.3. The summed E-state index contributed by atoms with van der Waals surface area (Å²) in [5, 5.41) is 9.44. The lowest BCUT2D eigenvalue weighted by molar-refractivity contribution is 0.281. The van der Waals surface area contributed by atoms with Crippen molar-refractivity contribution in [3.8, 4) is 0 Å². The first-order chi connectivity index (χ1) is 11.6. The van der Waals surface area contributed by atoms with E-state index in [-0.39, 0.29) is 6.61 Å². The topological polar surface area (TPSA) is 23.5 Å². The number of rotatable bonds is 4. The highest BCUT2D eigenvalue weighted by molar-refractivity contribution is 5.78. The van der Waals surface area contributed by atoms with Crippen LogP contribution in [0.25, 0.3) is 0 Å². The van der Waals surface area contributed by atoms with Crippen LogP contribution < -0.4 is 4.90 Å². The molecule has 0 spiro atoms. The van der Waals surface area contributed by atoms with Gasteiger partial charge in [-0.1, -0.05) is 42.0 Å². The molecular weight excluding hydrogens is 294 g/mol. The number of benzene rings is 3. The van der Waals surface area contributed by atoms with Crippen molar-refractivity contribution in [3.63, 3.8) is 0 Å². The van der Waals surface area contributed by atoms with Crippen molar-refractivity contribution in [2.24, 2.45) is 0 Å². The van der Waals surface area contributed by atoms with E-state index in [4.69, 9.17) is 0 Å². The van der Waals surface area contributed by atoms with E-state index in [1.807, 2.05) is 19.1 Å². The minimum atomic E-state index is 0.0704. The summed E-state index contributed by atoms with van der Waals surface area (Å²) < 4.78 is 0. The second kappa shape index (κ2) is 6.90. The van der Waals surface area contributed by atoms with E-state index in [0.29, 0.717) is 0 Å². The van der Waals surface area contributed by atoms with Crippen LogP contribution in [0, 0.1) is 20.8 Å². The molecule has 0 amide bonds. The normalized spacial score (nSPS) is 10.7. The minimum Gasteiger partial charge on any atom is -0.392 e. The molecule has 0 saturated heterocycles. The van der Waals surface area contributed by atoms with Gasteiger partial charge in [-0.2, -0.15) is 0 Å². The van der Waals surface area contributed by atoms with Crippen LogP contribution in [0.2, 0.25) is 0 Å². The van der Waals surface area contributed by atoms with E-state index in [1.54, 1.807) is 0 Å². The standard InChI is InChI=1S/C22H23NO/c1-16-9-12-22(18(3)13-16)23(20-7-5-4-6-8-20)21-11-10-19(15-24)17(2)14-21/h4-14,24H,15H2,1-3H3. The van der Waals surface area contributed by atoms with Crippen molar-refractivity contribution >= 4 is 17.1 Å². The quantitative estimate of drug-likeness (QED) is 0.679. The van der Waals surface area contributed by atoms with Crippen molar-refractivity contribution in [3.05, 3.63) is 89.0 Å². The van der Waals surface area contributed by atoms with Crippen LogP contribution >= 0.6 is 0 Å². The third-order valence-corrected chi connectivity index (χ3v) is 4.36. The smallest absolute Gasteiger partial charge is 0.0684 e. The lowest BCUT2D eigenvalue weighted by Crippen LogP contribution is -2.12. The summed E-state index contributed by atoms with van der Waals surface area (Å²) in [7, 11) is 0. The Morgan fingerprint density at radius 2 is 1.50 bits per heavy atom. The van der Waals surface area contributed by atoms with Crippen molar-refractivity contribution < 1.29 is 5.11 Å². The molecule has 3 aromatic rings. The van der Waals surface area contributed by atoms with Crippen LogP contribution in [0.3, 0.4) is 0 Å². The van der Waals surface area contributed by atoms with Gasteiger partial charge in [-0.15, -0.1) is 0 Å². The zero-order chi connectivity index (χ0) is 17.1. The highest BCUT2D eigenvalue weighted by Gasteiger charge is 2.15. The molecule has 2 heteroatoms. The van der Waals surface area contributed by atoms with E-state index in [0.717, 1.165) is 22.5 Å². The van der Waals surface area contributed by atoms with Crippen molar-refractivity contribution in [2.75, 3.05) is 4.90 Å². The van der Waals surface area contributed by atoms with Gasteiger partial charge in [-0.05, 0) is 67.8 Å². The van der Waals surface area contributed by atoms with E-state index < -0.39 is 0 Å². The third-order valence-electron chi connectivity index (χ3n) is 4.36. The van der Waals surface area contributed by atoms with Crippen molar-refractivity contribution in [2.45, 2.75) is 27.4 Å². The molecule has 0 radical (unpaired) electrons. The largest absolute Gasteiger partial charge is 0.392 e. The number of para-hydroxylation sites is 1. The van der Waals surface area contributed by atoms with Gasteiger partial charge in [-0.25, -0.2) is 0 Å². The highest BCUT2D eigenvalue weighted by Crippen LogP contribution is 2.37. The Hall–Kier alpha value is -2.58. The van der Waals surface area contributed by atoms with Crippen LogP contribution in [0.15, 0.2) is 66.7 Å². The highest BCUT2D eigenvalue weighted by atomic mass is 16.3. The van der Waals surface area contributed by atoms with E-state index in [1.165, 1.54) is 16.8 Å². The van der Waals surface area contributed by atoms with Crippen molar-refractivity contribution in [1.82, 2.24) is 0 Å². The van der Waals surface area contributed by atoms with Crippen LogP contribution in [0.1, 0.15) is 22.3 Å². The number of nitrogens with zero attached hydrogens (tertiary/aromatic N) is 1. The molecule has 0 bridgehead atoms. The third kappa shape index (κ3) is 3.19. The zero-order valence-electron chi connectivity index (χ0n) is 14.5. The molecule has 0 atom stereocenters. The van der Waals surface area contributed by atoms with Gasteiger partial charge in [0.15, 0.2) is 0 Å². The molecule has 2 nitrogen and oxygen atoms in total. The van der Waals surface area contributed by atoms with Gasteiger partial charge < -0.3 is 10.0 Å². The Balaban J connectivity index is 2.17. The maximum absolute atomic E-state index is 9.44. The molecule has 3 aromatic carbocycles. The second-order valence-corrected chi connectivity index (χ2v) is 6.23. The number of hydrogen-bond donors (Lipinski definition) is 1. The van der Waals surface area contributed by atoms with Crippen LogP contribution in [0.4, 0.5) is 17.1 Å². The van der Waals surface area contributed by atoms with Gasteiger partial charge in [0.25, 0.3) is 0 Å². The Morgan fingerprint density at radius 1 is 0.750 bits per heavy atom. The molecule has 0 aromatic heterocycles. The average Bonchev–Trinajstić information content (AvgIpc) is 2.58. The summed E-state index contributed by atoms with van der Waals surface area (Å²) in [5.74, 6) is 0. The van der Waals surface area contributed by atoms with Gasteiger partial charge in [0.05, 0.1) is 6.61 Å². The van der Waals surface area contributed by atoms with E-state index in [9.17, 15) is 5.11 Å². The molecule has 0 unspecified atom stereocenters. The van der Waals surface area contributed by atoms with E-state index in [2.05, 4.69) is 73.3 Å². The summed E-state index contributed by atoms with van der Waals surface area (Å²) >= 11 is 0. The van der Waals surface area contributed by atoms with Crippen LogP contribution in [-0.4, -0.2) is 5.11 Å². The summed E-state index contributed by atoms with van der Waals surface area (Å²) in [6, 6.07) is 23.1. The molecule has 3 rings (SSSR count). The Labute approximate surface area is 144 Å². The number of aliphatic hydroxyl groups is 1. The maximum Gasteiger partial charge on any atom is 0.0684 e. The molecule has 0 aliphatic heterocycles. The minimum absolute atomic E-state index is 0.0704. The van der Waals surface area contributed by atoms with Crippen LogP contribution in [-0.2, 0) is 6.61 Å².